The fraction of sp³-hybridized carbons (Fsp3) is 0.833. The van der Waals surface area contributed by atoms with Crippen molar-refractivity contribution in [2.45, 2.75) is 44.2 Å². The van der Waals surface area contributed by atoms with Gasteiger partial charge in [-0.25, -0.2) is 0 Å². The quantitative estimate of drug-likeness (QED) is 0.861. The van der Waals surface area contributed by atoms with Crippen molar-refractivity contribution in [3.63, 3.8) is 0 Å². The van der Waals surface area contributed by atoms with E-state index in [0.29, 0.717) is 0 Å². The van der Waals surface area contributed by atoms with Gasteiger partial charge in [0.25, 0.3) is 0 Å². The number of likely N-dealkylation sites (tertiary alicyclic amines) is 1. The smallest absolute Gasteiger partial charge is 0.350 e. The molecule has 0 saturated carbocycles. The molecule has 4 nitrogen and oxygen atoms in total. The lowest BCUT2D eigenvalue weighted by atomic mass is 10.2. The molecule has 0 radical (unpaired) electrons. The summed E-state index contributed by atoms with van der Waals surface area (Å²) in [7, 11) is 0. The minimum absolute atomic E-state index is 0.0643. The summed E-state index contributed by atoms with van der Waals surface area (Å²) >= 11 is 1.45. The highest BCUT2D eigenvalue weighted by atomic mass is 32.2. The summed E-state index contributed by atoms with van der Waals surface area (Å²) in [6.45, 7) is 4.57. The van der Waals surface area contributed by atoms with Crippen molar-refractivity contribution < 1.29 is 22.8 Å². The van der Waals surface area contributed by atoms with Gasteiger partial charge in [0, 0.05) is 17.7 Å². The third kappa shape index (κ3) is 6.49. The molecule has 0 aromatic heterocycles. The van der Waals surface area contributed by atoms with Crippen LogP contribution in [0.4, 0.5) is 13.2 Å². The number of hydrogen-bond acceptors (Lipinski definition) is 3. The lowest BCUT2D eigenvalue weighted by molar-refractivity contribution is -0.157. The molecule has 0 spiro atoms. The number of thioether (sulfide) groups is 1. The van der Waals surface area contributed by atoms with Crippen LogP contribution in [0.2, 0.25) is 0 Å². The van der Waals surface area contributed by atoms with E-state index in [9.17, 15) is 22.8 Å². The highest BCUT2D eigenvalue weighted by Gasteiger charge is 2.38. The maximum Gasteiger partial charge on any atom is 0.406 e. The minimum Gasteiger partial charge on any atom is -0.350 e. The zero-order chi connectivity index (χ0) is 15.6. The summed E-state index contributed by atoms with van der Waals surface area (Å²) < 4.78 is 36.6. The van der Waals surface area contributed by atoms with Crippen molar-refractivity contribution in [3.8, 4) is 0 Å². The van der Waals surface area contributed by atoms with E-state index in [1.807, 2.05) is 20.8 Å². The van der Waals surface area contributed by atoms with Crippen LogP contribution in [-0.4, -0.2) is 52.5 Å². The Hall–Kier alpha value is -0.920. The van der Waals surface area contributed by atoms with Crippen molar-refractivity contribution in [2.75, 3.05) is 18.8 Å². The Bertz CT molecular complexity index is 380. The molecular formula is C12H19F3N2O2S. The van der Waals surface area contributed by atoms with Crippen molar-refractivity contribution in [1.29, 1.82) is 0 Å². The second-order valence-corrected chi connectivity index (χ2v) is 7.56. The van der Waals surface area contributed by atoms with Crippen LogP contribution in [-0.2, 0) is 9.59 Å². The molecule has 1 saturated heterocycles. The lowest BCUT2D eigenvalue weighted by Crippen LogP contribution is -2.40. The number of amides is 2. The van der Waals surface area contributed by atoms with E-state index in [2.05, 4.69) is 5.32 Å². The fourth-order valence-corrected chi connectivity index (χ4v) is 2.44. The standard InChI is InChI=1S/C12H19F3N2O2S/c1-11(2,3)20-6-9(18)16-8-4-10(19)17(5-8)7-12(13,14)15/h8H,4-7H2,1-3H3,(H,16,18). The molecule has 1 aliphatic rings. The molecule has 0 aromatic carbocycles. The molecule has 1 rings (SSSR count). The van der Waals surface area contributed by atoms with Crippen LogP contribution in [0.25, 0.3) is 0 Å². The topological polar surface area (TPSA) is 49.4 Å². The van der Waals surface area contributed by atoms with E-state index in [4.69, 9.17) is 0 Å². The number of nitrogens with zero attached hydrogens (tertiary/aromatic N) is 1. The first-order valence-electron chi connectivity index (χ1n) is 6.24. The van der Waals surface area contributed by atoms with Crippen molar-refractivity contribution in [3.05, 3.63) is 0 Å². The molecule has 116 valence electrons. The van der Waals surface area contributed by atoms with E-state index >= 15 is 0 Å². The Morgan fingerprint density at radius 2 is 2.00 bits per heavy atom. The normalized spacial score (nSPS) is 20.4. The first-order valence-corrected chi connectivity index (χ1v) is 7.23. The fourth-order valence-electron chi connectivity index (χ4n) is 1.79. The van der Waals surface area contributed by atoms with E-state index in [0.717, 1.165) is 4.90 Å². The molecule has 0 aromatic rings. The Labute approximate surface area is 120 Å². The Balaban J connectivity index is 2.40. The first-order chi connectivity index (χ1) is 8.96. The first kappa shape index (κ1) is 17.1. The van der Waals surface area contributed by atoms with Crippen LogP contribution >= 0.6 is 11.8 Å². The van der Waals surface area contributed by atoms with Crippen LogP contribution in [0, 0.1) is 0 Å². The van der Waals surface area contributed by atoms with E-state index in [1.165, 1.54) is 11.8 Å². The predicted molar refractivity (Wildman–Crippen MR) is 71.4 cm³/mol. The zero-order valence-electron chi connectivity index (χ0n) is 11.7. The number of hydrogen-bond donors (Lipinski definition) is 1. The summed E-state index contributed by atoms with van der Waals surface area (Å²) in [6.07, 6.45) is -4.47. The summed E-state index contributed by atoms with van der Waals surface area (Å²) in [4.78, 5) is 23.8. The largest absolute Gasteiger partial charge is 0.406 e. The molecule has 1 heterocycles. The predicted octanol–water partition coefficient (Wildman–Crippen LogP) is 1.80. The average Bonchev–Trinajstić information content (AvgIpc) is 2.52. The molecule has 1 fully saturated rings. The number of nitrogens with one attached hydrogen (secondary N) is 1. The van der Waals surface area contributed by atoms with Gasteiger partial charge >= 0.3 is 6.18 Å². The van der Waals surface area contributed by atoms with Gasteiger partial charge in [0.2, 0.25) is 11.8 Å². The van der Waals surface area contributed by atoms with Crippen LogP contribution < -0.4 is 5.32 Å². The second-order valence-electron chi connectivity index (χ2n) is 5.76. The highest BCUT2D eigenvalue weighted by Crippen LogP contribution is 2.23. The summed E-state index contributed by atoms with van der Waals surface area (Å²) in [5, 5.41) is 2.61. The average molecular weight is 312 g/mol. The number of alkyl halides is 3. The summed E-state index contributed by atoms with van der Waals surface area (Å²) in [6, 6.07) is -0.530. The third-order valence-electron chi connectivity index (χ3n) is 2.59. The van der Waals surface area contributed by atoms with Gasteiger partial charge in [-0.2, -0.15) is 13.2 Å². The summed E-state index contributed by atoms with van der Waals surface area (Å²) in [5.41, 5.74) is 0. The van der Waals surface area contributed by atoms with Gasteiger partial charge in [0.1, 0.15) is 6.54 Å². The van der Waals surface area contributed by atoms with Crippen LogP contribution in [0.1, 0.15) is 27.2 Å². The summed E-state index contributed by atoms with van der Waals surface area (Å²) in [5.74, 6) is -0.597. The molecule has 8 heteroatoms. The zero-order valence-corrected chi connectivity index (χ0v) is 12.5. The number of rotatable bonds is 4. The van der Waals surface area contributed by atoms with Crippen LogP contribution in [0.15, 0.2) is 0 Å². The number of halogens is 3. The van der Waals surface area contributed by atoms with Crippen molar-refractivity contribution >= 4 is 23.6 Å². The van der Waals surface area contributed by atoms with Gasteiger partial charge in [0.15, 0.2) is 0 Å². The Morgan fingerprint density at radius 3 is 2.50 bits per heavy atom. The Morgan fingerprint density at radius 1 is 1.40 bits per heavy atom. The highest BCUT2D eigenvalue weighted by molar-refractivity contribution is 8.01. The molecule has 1 unspecified atom stereocenters. The molecule has 0 bridgehead atoms. The molecule has 0 aliphatic carbocycles. The number of carbonyl (C=O) groups is 2. The Kier molecular flexibility index (Phi) is 5.34. The molecule has 2 amide bonds. The van der Waals surface area contributed by atoms with Gasteiger partial charge in [-0.3, -0.25) is 9.59 Å². The van der Waals surface area contributed by atoms with E-state index in [1.54, 1.807) is 0 Å². The van der Waals surface area contributed by atoms with Crippen molar-refractivity contribution in [2.24, 2.45) is 0 Å². The molecule has 1 aliphatic heterocycles. The van der Waals surface area contributed by atoms with Gasteiger partial charge in [0.05, 0.1) is 11.8 Å². The van der Waals surface area contributed by atoms with Crippen molar-refractivity contribution in [1.82, 2.24) is 10.2 Å². The maximum atomic E-state index is 12.2. The van der Waals surface area contributed by atoms with Gasteiger partial charge in [-0.05, 0) is 0 Å². The SMILES string of the molecule is CC(C)(C)SCC(=O)NC1CC(=O)N(CC(F)(F)F)C1. The maximum absolute atomic E-state index is 12.2. The van der Waals surface area contributed by atoms with Gasteiger partial charge in [-0.1, -0.05) is 20.8 Å². The van der Waals surface area contributed by atoms with E-state index < -0.39 is 24.7 Å². The number of carbonyl (C=O) groups excluding carboxylic acids is 2. The minimum atomic E-state index is -4.41. The molecule has 20 heavy (non-hydrogen) atoms. The lowest BCUT2D eigenvalue weighted by Gasteiger charge is -2.20. The van der Waals surface area contributed by atoms with Crippen LogP contribution in [0.3, 0.4) is 0 Å². The van der Waals surface area contributed by atoms with Gasteiger partial charge in [-0.15, -0.1) is 11.8 Å². The van der Waals surface area contributed by atoms with E-state index in [-0.39, 0.29) is 29.4 Å². The monoisotopic (exact) mass is 312 g/mol. The second kappa shape index (κ2) is 6.24. The van der Waals surface area contributed by atoms with Crippen LogP contribution in [0.5, 0.6) is 0 Å². The molecule has 1 atom stereocenters. The molecule has 1 N–H and O–H groups in total. The molecular weight excluding hydrogens is 293 g/mol. The van der Waals surface area contributed by atoms with Gasteiger partial charge < -0.3 is 10.2 Å². The third-order valence-corrected chi connectivity index (χ3v) is 3.86.